The topological polar surface area (TPSA) is 87.1 Å². The first kappa shape index (κ1) is 18.9. The van der Waals surface area contributed by atoms with Gasteiger partial charge in [0.1, 0.15) is 5.75 Å². The zero-order chi connectivity index (χ0) is 16.8. The number of methoxy groups -OCH3 is 1. The van der Waals surface area contributed by atoms with Gasteiger partial charge in [0.25, 0.3) is 0 Å². The fourth-order valence-corrected chi connectivity index (χ4v) is 3.36. The summed E-state index contributed by atoms with van der Waals surface area (Å²) in [5, 5.41) is 20.5. The van der Waals surface area contributed by atoms with Gasteiger partial charge in [-0.25, -0.2) is 8.42 Å². The van der Waals surface area contributed by atoms with Crippen molar-refractivity contribution in [3.8, 4) is 5.75 Å². The SMILES string of the molecule is CCC(O)[C@@H](C)N(O)CCCS(=O)(=O)c1ccc(OC)cc1. The predicted molar refractivity (Wildman–Crippen MR) is 83.9 cm³/mol. The second kappa shape index (κ2) is 8.47. The largest absolute Gasteiger partial charge is 0.497 e. The Morgan fingerprint density at radius 2 is 1.86 bits per heavy atom. The number of hydroxylamine groups is 2. The Labute approximate surface area is 132 Å². The Morgan fingerprint density at radius 3 is 2.36 bits per heavy atom. The van der Waals surface area contributed by atoms with Crippen LogP contribution in [0, 0.1) is 0 Å². The quantitative estimate of drug-likeness (QED) is 0.670. The van der Waals surface area contributed by atoms with Crippen LogP contribution in [0.2, 0.25) is 0 Å². The number of hydrogen-bond acceptors (Lipinski definition) is 6. The molecule has 6 nitrogen and oxygen atoms in total. The molecule has 22 heavy (non-hydrogen) atoms. The summed E-state index contributed by atoms with van der Waals surface area (Å²) in [5.41, 5.74) is 0. The lowest BCUT2D eigenvalue weighted by Crippen LogP contribution is -2.40. The summed E-state index contributed by atoms with van der Waals surface area (Å²) in [6, 6.07) is 5.80. The number of sulfone groups is 1. The van der Waals surface area contributed by atoms with Gasteiger partial charge >= 0.3 is 0 Å². The molecule has 1 rings (SSSR count). The molecule has 0 aliphatic heterocycles. The van der Waals surface area contributed by atoms with E-state index in [0.29, 0.717) is 12.2 Å². The summed E-state index contributed by atoms with van der Waals surface area (Å²) < 4.78 is 29.4. The van der Waals surface area contributed by atoms with Crippen molar-refractivity contribution in [2.75, 3.05) is 19.4 Å². The van der Waals surface area contributed by atoms with Crippen molar-refractivity contribution in [2.45, 2.75) is 43.7 Å². The molecule has 0 aliphatic carbocycles. The van der Waals surface area contributed by atoms with Gasteiger partial charge in [-0.3, -0.25) is 0 Å². The van der Waals surface area contributed by atoms with Crippen molar-refractivity contribution >= 4 is 9.84 Å². The normalized spacial score (nSPS) is 14.8. The van der Waals surface area contributed by atoms with E-state index in [-0.39, 0.29) is 23.6 Å². The molecule has 0 spiro atoms. The maximum absolute atomic E-state index is 12.2. The molecule has 2 atom stereocenters. The minimum Gasteiger partial charge on any atom is -0.497 e. The van der Waals surface area contributed by atoms with Crippen molar-refractivity contribution in [3.63, 3.8) is 0 Å². The van der Waals surface area contributed by atoms with Crippen LogP contribution < -0.4 is 4.74 Å². The van der Waals surface area contributed by atoms with E-state index in [1.165, 1.54) is 19.2 Å². The Balaban J connectivity index is 2.55. The third kappa shape index (κ3) is 5.24. The number of ether oxygens (including phenoxy) is 1. The smallest absolute Gasteiger partial charge is 0.178 e. The van der Waals surface area contributed by atoms with E-state index in [0.717, 1.165) is 5.06 Å². The van der Waals surface area contributed by atoms with E-state index >= 15 is 0 Å². The first-order valence-corrected chi connectivity index (χ1v) is 8.97. The number of hydrogen-bond donors (Lipinski definition) is 2. The van der Waals surface area contributed by atoms with Crippen molar-refractivity contribution < 1.29 is 23.5 Å². The molecule has 7 heteroatoms. The molecule has 0 saturated heterocycles. The highest BCUT2D eigenvalue weighted by Crippen LogP contribution is 2.17. The molecule has 0 heterocycles. The van der Waals surface area contributed by atoms with Crippen LogP contribution in [-0.2, 0) is 9.84 Å². The van der Waals surface area contributed by atoms with Gasteiger partial charge in [-0.2, -0.15) is 5.06 Å². The van der Waals surface area contributed by atoms with E-state index in [2.05, 4.69) is 0 Å². The van der Waals surface area contributed by atoms with Crippen molar-refractivity contribution in [2.24, 2.45) is 0 Å². The molecule has 0 radical (unpaired) electrons. The fourth-order valence-electron chi connectivity index (χ4n) is 2.06. The van der Waals surface area contributed by atoms with Crippen LogP contribution in [0.15, 0.2) is 29.2 Å². The molecule has 1 unspecified atom stereocenters. The Kier molecular flexibility index (Phi) is 7.28. The number of aliphatic hydroxyl groups excluding tert-OH is 1. The summed E-state index contributed by atoms with van der Waals surface area (Å²) >= 11 is 0. The average Bonchev–Trinajstić information content (AvgIpc) is 2.53. The van der Waals surface area contributed by atoms with E-state index in [4.69, 9.17) is 4.74 Å². The number of aliphatic hydroxyl groups is 1. The molecule has 2 N–H and O–H groups in total. The average molecular weight is 331 g/mol. The zero-order valence-electron chi connectivity index (χ0n) is 13.3. The fraction of sp³-hybridized carbons (Fsp3) is 0.600. The minimum absolute atomic E-state index is 0.0642. The van der Waals surface area contributed by atoms with Gasteiger partial charge in [-0.15, -0.1) is 0 Å². The summed E-state index contributed by atoms with van der Waals surface area (Å²) in [7, 11) is -1.87. The molecule has 0 saturated carbocycles. The summed E-state index contributed by atoms with van der Waals surface area (Å²) in [6.45, 7) is 3.71. The second-order valence-corrected chi connectivity index (χ2v) is 7.34. The first-order chi connectivity index (χ1) is 10.3. The van der Waals surface area contributed by atoms with Crippen molar-refractivity contribution in [3.05, 3.63) is 24.3 Å². The molecular formula is C15H25NO5S. The van der Waals surface area contributed by atoms with Gasteiger partial charge in [0, 0.05) is 6.54 Å². The molecule has 1 aromatic carbocycles. The molecule has 126 valence electrons. The third-order valence-electron chi connectivity index (χ3n) is 3.66. The Hall–Kier alpha value is -1.15. The van der Waals surface area contributed by atoms with Gasteiger partial charge in [-0.1, -0.05) is 6.92 Å². The summed E-state index contributed by atoms with van der Waals surface area (Å²) in [6.07, 6.45) is 0.178. The van der Waals surface area contributed by atoms with Crippen LogP contribution in [0.25, 0.3) is 0 Å². The van der Waals surface area contributed by atoms with Gasteiger partial charge < -0.3 is 15.1 Å². The molecule has 0 fully saturated rings. The maximum atomic E-state index is 12.2. The van der Waals surface area contributed by atoms with E-state index in [1.807, 2.05) is 6.92 Å². The standard InChI is InChI=1S/C15H25NO5S/c1-4-15(17)12(2)16(18)10-5-11-22(19,20)14-8-6-13(21-3)7-9-14/h6-9,12,15,17-18H,4-5,10-11H2,1-3H3/t12-,15?/m1/s1. The van der Waals surface area contributed by atoms with E-state index < -0.39 is 22.0 Å². The highest BCUT2D eigenvalue weighted by atomic mass is 32.2. The lowest BCUT2D eigenvalue weighted by Gasteiger charge is -2.26. The lowest BCUT2D eigenvalue weighted by atomic mass is 10.1. The van der Waals surface area contributed by atoms with Crippen molar-refractivity contribution in [1.82, 2.24) is 5.06 Å². The molecular weight excluding hydrogens is 306 g/mol. The highest BCUT2D eigenvalue weighted by Gasteiger charge is 2.20. The molecule has 0 amide bonds. The lowest BCUT2D eigenvalue weighted by molar-refractivity contribution is -0.149. The van der Waals surface area contributed by atoms with Crippen LogP contribution in [0.5, 0.6) is 5.75 Å². The number of rotatable bonds is 9. The number of benzene rings is 1. The Morgan fingerprint density at radius 1 is 1.27 bits per heavy atom. The van der Waals surface area contributed by atoms with Crippen molar-refractivity contribution in [1.29, 1.82) is 0 Å². The van der Waals surface area contributed by atoms with Crippen LogP contribution in [-0.4, -0.2) is 55.3 Å². The third-order valence-corrected chi connectivity index (χ3v) is 5.48. The van der Waals surface area contributed by atoms with Crippen LogP contribution in [0.4, 0.5) is 0 Å². The molecule has 1 aromatic rings. The van der Waals surface area contributed by atoms with Crippen LogP contribution in [0.1, 0.15) is 26.7 Å². The molecule has 0 aromatic heterocycles. The van der Waals surface area contributed by atoms with Gasteiger partial charge in [0.2, 0.25) is 0 Å². The summed E-state index contributed by atoms with van der Waals surface area (Å²) in [4.78, 5) is 0.236. The van der Waals surface area contributed by atoms with E-state index in [9.17, 15) is 18.7 Å². The van der Waals surface area contributed by atoms with Gasteiger partial charge in [0.05, 0.1) is 29.9 Å². The van der Waals surface area contributed by atoms with Crippen LogP contribution >= 0.6 is 0 Å². The maximum Gasteiger partial charge on any atom is 0.178 e. The van der Waals surface area contributed by atoms with Gasteiger partial charge in [-0.05, 0) is 44.0 Å². The molecule has 0 aliphatic rings. The predicted octanol–water partition coefficient (Wildman–Crippen LogP) is 1.71. The minimum atomic E-state index is -3.39. The first-order valence-electron chi connectivity index (χ1n) is 7.32. The Bertz CT molecular complexity index is 544. The number of nitrogens with zero attached hydrogens (tertiary/aromatic N) is 1. The van der Waals surface area contributed by atoms with Crippen LogP contribution in [0.3, 0.4) is 0 Å². The second-order valence-electron chi connectivity index (χ2n) is 5.23. The summed E-state index contributed by atoms with van der Waals surface area (Å²) in [5.74, 6) is 0.536. The van der Waals surface area contributed by atoms with Gasteiger partial charge in [0.15, 0.2) is 9.84 Å². The van der Waals surface area contributed by atoms with E-state index in [1.54, 1.807) is 19.1 Å². The molecule has 0 bridgehead atoms. The zero-order valence-corrected chi connectivity index (χ0v) is 14.1. The highest BCUT2D eigenvalue weighted by molar-refractivity contribution is 7.91. The monoisotopic (exact) mass is 331 g/mol.